The molecule has 3 heteroatoms. The smallest absolute Gasteiger partial charge is 0.120 e. The SMILES string of the molecule is CCC(NCC1CCN(C2CC2)C1)c1ccccc1O. The molecule has 0 spiro atoms. The van der Waals surface area contributed by atoms with Gasteiger partial charge in [0.2, 0.25) is 0 Å². The third-order valence-electron chi connectivity index (χ3n) is 4.75. The average molecular weight is 274 g/mol. The summed E-state index contributed by atoms with van der Waals surface area (Å²) in [5.41, 5.74) is 1.03. The largest absolute Gasteiger partial charge is 0.508 e. The molecule has 110 valence electrons. The number of rotatable bonds is 6. The van der Waals surface area contributed by atoms with Gasteiger partial charge in [0.1, 0.15) is 5.75 Å². The van der Waals surface area contributed by atoms with Crippen LogP contribution in [0.25, 0.3) is 0 Å². The highest BCUT2D eigenvalue weighted by Crippen LogP contribution is 2.32. The summed E-state index contributed by atoms with van der Waals surface area (Å²) in [6, 6.07) is 8.87. The lowest BCUT2D eigenvalue weighted by molar-refractivity contribution is 0.308. The second kappa shape index (κ2) is 6.15. The van der Waals surface area contributed by atoms with Gasteiger partial charge in [-0.05, 0) is 50.8 Å². The van der Waals surface area contributed by atoms with Crippen molar-refractivity contribution in [1.82, 2.24) is 10.2 Å². The molecule has 2 atom stereocenters. The second-order valence-corrected chi connectivity index (χ2v) is 6.31. The second-order valence-electron chi connectivity index (χ2n) is 6.31. The number of nitrogens with one attached hydrogen (secondary N) is 1. The minimum Gasteiger partial charge on any atom is -0.508 e. The van der Waals surface area contributed by atoms with Crippen molar-refractivity contribution in [2.24, 2.45) is 5.92 Å². The molecule has 2 fully saturated rings. The summed E-state index contributed by atoms with van der Waals surface area (Å²) in [5.74, 6) is 1.19. The van der Waals surface area contributed by atoms with Gasteiger partial charge in [0.05, 0.1) is 0 Å². The quantitative estimate of drug-likeness (QED) is 0.837. The minimum atomic E-state index is 0.270. The maximum absolute atomic E-state index is 9.98. The Hall–Kier alpha value is -1.06. The molecule has 0 amide bonds. The summed E-state index contributed by atoms with van der Waals surface area (Å²) in [6.07, 6.45) is 5.16. The minimum absolute atomic E-state index is 0.270. The predicted molar refractivity (Wildman–Crippen MR) is 81.8 cm³/mol. The summed E-state index contributed by atoms with van der Waals surface area (Å²) in [4.78, 5) is 2.66. The van der Waals surface area contributed by atoms with Crippen molar-refractivity contribution < 1.29 is 5.11 Å². The molecule has 2 unspecified atom stereocenters. The fourth-order valence-corrected chi connectivity index (χ4v) is 3.37. The van der Waals surface area contributed by atoms with Gasteiger partial charge < -0.3 is 15.3 Å². The third kappa shape index (κ3) is 3.15. The van der Waals surface area contributed by atoms with Crippen LogP contribution in [0.2, 0.25) is 0 Å². The molecule has 3 nitrogen and oxygen atoms in total. The molecule has 20 heavy (non-hydrogen) atoms. The summed E-state index contributed by atoms with van der Waals surface area (Å²) in [5, 5.41) is 13.6. The van der Waals surface area contributed by atoms with Crippen molar-refractivity contribution in [2.45, 2.75) is 44.7 Å². The van der Waals surface area contributed by atoms with E-state index in [2.05, 4.69) is 17.1 Å². The Bertz CT molecular complexity index is 444. The highest BCUT2D eigenvalue weighted by molar-refractivity contribution is 5.34. The van der Waals surface area contributed by atoms with Gasteiger partial charge in [-0.25, -0.2) is 0 Å². The summed E-state index contributed by atoms with van der Waals surface area (Å²) >= 11 is 0. The summed E-state index contributed by atoms with van der Waals surface area (Å²) in [7, 11) is 0. The standard InChI is InChI=1S/C17H26N2O/c1-2-16(15-5-3-4-6-17(15)20)18-11-13-9-10-19(12-13)14-7-8-14/h3-6,13-14,16,18,20H,2,7-12H2,1H3. The van der Waals surface area contributed by atoms with Crippen LogP contribution in [0.1, 0.15) is 44.2 Å². The fraction of sp³-hybridized carbons (Fsp3) is 0.647. The van der Waals surface area contributed by atoms with E-state index in [1.165, 1.54) is 32.4 Å². The number of likely N-dealkylation sites (tertiary alicyclic amines) is 1. The van der Waals surface area contributed by atoms with Gasteiger partial charge in [0, 0.05) is 24.2 Å². The van der Waals surface area contributed by atoms with Crippen molar-refractivity contribution >= 4 is 0 Å². The normalized spacial score (nSPS) is 24.9. The van der Waals surface area contributed by atoms with E-state index in [1.807, 2.05) is 18.2 Å². The third-order valence-corrected chi connectivity index (χ3v) is 4.75. The molecule has 1 saturated carbocycles. The van der Waals surface area contributed by atoms with Crippen molar-refractivity contribution in [1.29, 1.82) is 0 Å². The fourth-order valence-electron chi connectivity index (χ4n) is 3.37. The highest BCUT2D eigenvalue weighted by atomic mass is 16.3. The lowest BCUT2D eigenvalue weighted by Gasteiger charge is -2.21. The Morgan fingerprint density at radius 3 is 2.80 bits per heavy atom. The first kappa shape index (κ1) is 13.9. The Labute approximate surface area is 122 Å². The van der Waals surface area contributed by atoms with Gasteiger partial charge in [-0.15, -0.1) is 0 Å². The zero-order chi connectivity index (χ0) is 13.9. The molecule has 0 bridgehead atoms. The van der Waals surface area contributed by atoms with E-state index in [4.69, 9.17) is 0 Å². The number of nitrogens with zero attached hydrogens (tertiary/aromatic N) is 1. The zero-order valence-electron chi connectivity index (χ0n) is 12.4. The molecule has 2 aliphatic rings. The molecular weight excluding hydrogens is 248 g/mol. The van der Waals surface area contributed by atoms with Crippen LogP contribution in [0, 0.1) is 5.92 Å². The molecule has 1 aliphatic heterocycles. The van der Waals surface area contributed by atoms with Gasteiger partial charge >= 0.3 is 0 Å². The molecule has 1 aliphatic carbocycles. The van der Waals surface area contributed by atoms with Crippen LogP contribution < -0.4 is 5.32 Å². The number of hydrogen-bond acceptors (Lipinski definition) is 3. The van der Waals surface area contributed by atoms with Gasteiger partial charge in [0.25, 0.3) is 0 Å². The van der Waals surface area contributed by atoms with Crippen molar-refractivity contribution in [3.63, 3.8) is 0 Å². The van der Waals surface area contributed by atoms with Gasteiger partial charge in [-0.1, -0.05) is 25.1 Å². The van der Waals surface area contributed by atoms with Crippen molar-refractivity contribution in [3.05, 3.63) is 29.8 Å². The lowest BCUT2D eigenvalue weighted by Crippen LogP contribution is -2.30. The first-order valence-corrected chi connectivity index (χ1v) is 8.03. The Balaban J connectivity index is 1.52. The van der Waals surface area contributed by atoms with E-state index in [0.717, 1.165) is 30.5 Å². The highest BCUT2D eigenvalue weighted by Gasteiger charge is 2.34. The van der Waals surface area contributed by atoms with Crippen molar-refractivity contribution in [3.8, 4) is 5.75 Å². The van der Waals surface area contributed by atoms with Crippen LogP contribution in [0.4, 0.5) is 0 Å². The van der Waals surface area contributed by atoms with Gasteiger partial charge in [-0.2, -0.15) is 0 Å². The number of aromatic hydroxyl groups is 1. The van der Waals surface area contributed by atoms with Crippen LogP contribution in [0.3, 0.4) is 0 Å². The monoisotopic (exact) mass is 274 g/mol. The Morgan fingerprint density at radius 1 is 1.30 bits per heavy atom. The molecular formula is C17H26N2O. The number of phenolic OH excluding ortho intramolecular Hbond substituents is 1. The van der Waals surface area contributed by atoms with E-state index in [1.54, 1.807) is 6.07 Å². The first-order valence-electron chi connectivity index (χ1n) is 8.03. The number of para-hydroxylation sites is 1. The maximum Gasteiger partial charge on any atom is 0.120 e. The molecule has 3 rings (SSSR count). The lowest BCUT2D eigenvalue weighted by atomic mass is 10.0. The van der Waals surface area contributed by atoms with E-state index in [-0.39, 0.29) is 6.04 Å². The van der Waals surface area contributed by atoms with E-state index in [0.29, 0.717) is 5.75 Å². The van der Waals surface area contributed by atoms with Crippen LogP contribution >= 0.6 is 0 Å². The van der Waals surface area contributed by atoms with Crippen LogP contribution in [-0.2, 0) is 0 Å². The van der Waals surface area contributed by atoms with E-state index in [9.17, 15) is 5.11 Å². The molecule has 1 heterocycles. The van der Waals surface area contributed by atoms with Crippen LogP contribution in [0.15, 0.2) is 24.3 Å². The number of benzene rings is 1. The van der Waals surface area contributed by atoms with Crippen LogP contribution in [-0.4, -0.2) is 35.7 Å². The Morgan fingerprint density at radius 2 is 2.10 bits per heavy atom. The molecule has 0 aromatic heterocycles. The molecule has 2 N–H and O–H groups in total. The Kier molecular flexibility index (Phi) is 4.27. The van der Waals surface area contributed by atoms with E-state index >= 15 is 0 Å². The van der Waals surface area contributed by atoms with Gasteiger partial charge in [0.15, 0.2) is 0 Å². The van der Waals surface area contributed by atoms with Gasteiger partial charge in [-0.3, -0.25) is 0 Å². The average Bonchev–Trinajstić information content (AvgIpc) is 3.21. The number of hydrogen-bond donors (Lipinski definition) is 2. The number of phenols is 1. The topological polar surface area (TPSA) is 35.5 Å². The van der Waals surface area contributed by atoms with Crippen molar-refractivity contribution in [2.75, 3.05) is 19.6 Å². The summed E-state index contributed by atoms with van der Waals surface area (Å²) in [6.45, 7) is 5.78. The molecule has 1 aromatic carbocycles. The molecule has 1 saturated heterocycles. The van der Waals surface area contributed by atoms with E-state index < -0.39 is 0 Å². The molecule has 1 aromatic rings. The summed E-state index contributed by atoms with van der Waals surface area (Å²) < 4.78 is 0. The van der Waals surface area contributed by atoms with Crippen LogP contribution in [0.5, 0.6) is 5.75 Å². The predicted octanol–water partition coefficient (Wildman–Crippen LogP) is 2.92. The zero-order valence-corrected chi connectivity index (χ0v) is 12.4. The first-order chi connectivity index (χ1) is 9.78. The molecule has 0 radical (unpaired) electrons. The maximum atomic E-state index is 9.98.